The molecule has 2 heteroatoms. The summed E-state index contributed by atoms with van der Waals surface area (Å²) in [6.07, 6.45) is 1.40. The maximum Gasteiger partial charge on any atom is 0.134 e. The molecule has 0 amide bonds. The van der Waals surface area contributed by atoms with Crippen LogP contribution in [0.3, 0.4) is 0 Å². The van der Waals surface area contributed by atoms with E-state index in [1.807, 2.05) is 18.2 Å². The Balaban J connectivity index is 2.16. The average Bonchev–Trinajstić information content (AvgIpc) is 2.13. The predicted octanol–water partition coefficient (Wildman–Crippen LogP) is 2.14. The second kappa shape index (κ2) is 3.21. The van der Waals surface area contributed by atoms with Gasteiger partial charge in [0.25, 0.3) is 0 Å². The normalized spacial score (nSPS) is 16.8. The van der Waals surface area contributed by atoms with E-state index < -0.39 is 0 Å². The van der Waals surface area contributed by atoms with Crippen molar-refractivity contribution in [1.29, 1.82) is 0 Å². The Labute approximate surface area is 77.5 Å². The zero-order chi connectivity index (χ0) is 9.26. The molecule has 0 aliphatic heterocycles. The van der Waals surface area contributed by atoms with Crippen molar-refractivity contribution in [3.63, 3.8) is 0 Å². The van der Waals surface area contributed by atoms with Gasteiger partial charge in [-0.1, -0.05) is 12.1 Å². The summed E-state index contributed by atoms with van der Waals surface area (Å²) in [5.41, 5.74) is 1.22. The van der Waals surface area contributed by atoms with Gasteiger partial charge in [0.1, 0.15) is 11.5 Å². The van der Waals surface area contributed by atoms with Gasteiger partial charge in [-0.3, -0.25) is 4.79 Å². The first kappa shape index (κ1) is 8.30. The smallest absolute Gasteiger partial charge is 0.134 e. The fraction of sp³-hybridized carbons (Fsp3) is 0.364. The highest BCUT2D eigenvalue weighted by atomic mass is 16.5. The van der Waals surface area contributed by atoms with Crippen molar-refractivity contribution in [2.24, 2.45) is 0 Å². The van der Waals surface area contributed by atoms with Gasteiger partial charge in [-0.05, 0) is 23.6 Å². The minimum Gasteiger partial charge on any atom is -0.497 e. The van der Waals surface area contributed by atoms with Crippen molar-refractivity contribution < 1.29 is 9.53 Å². The number of carbonyl (C=O) groups excluding carboxylic acids is 1. The van der Waals surface area contributed by atoms with Gasteiger partial charge >= 0.3 is 0 Å². The number of Topliss-reactive ketones (excluding diaryl/α,β-unsaturated/α-hetero) is 1. The molecular weight excluding hydrogens is 164 g/mol. The number of carbonyl (C=O) groups is 1. The summed E-state index contributed by atoms with van der Waals surface area (Å²) >= 11 is 0. The highest BCUT2D eigenvalue weighted by Crippen LogP contribution is 2.34. The zero-order valence-electron chi connectivity index (χ0n) is 7.62. The van der Waals surface area contributed by atoms with Crippen molar-refractivity contribution in [3.05, 3.63) is 29.8 Å². The minimum absolute atomic E-state index is 0.368. The molecule has 1 saturated carbocycles. The monoisotopic (exact) mass is 176 g/mol. The molecular formula is C11H12O2. The fourth-order valence-electron chi connectivity index (χ4n) is 1.62. The second-order valence-electron chi connectivity index (χ2n) is 3.42. The predicted molar refractivity (Wildman–Crippen MR) is 50.0 cm³/mol. The van der Waals surface area contributed by atoms with Gasteiger partial charge in [0.15, 0.2) is 0 Å². The molecule has 0 N–H and O–H groups in total. The van der Waals surface area contributed by atoms with Crippen molar-refractivity contribution >= 4 is 5.78 Å². The topological polar surface area (TPSA) is 26.3 Å². The Morgan fingerprint density at radius 1 is 1.38 bits per heavy atom. The van der Waals surface area contributed by atoms with Crippen LogP contribution in [-0.4, -0.2) is 12.9 Å². The van der Waals surface area contributed by atoms with Crippen LogP contribution in [0.1, 0.15) is 24.3 Å². The molecule has 0 unspecified atom stereocenters. The Bertz CT molecular complexity index is 323. The standard InChI is InChI=1S/C11H12O2/c1-13-11-4-2-3-8(7-11)9-5-10(12)6-9/h2-4,7,9H,5-6H2,1H3. The summed E-state index contributed by atoms with van der Waals surface area (Å²) in [6, 6.07) is 7.96. The van der Waals surface area contributed by atoms with Crippen molar-refractivity contribution in [2.45, 2.75) is 18.8 Å². The quantitative estimate of drug-likeness (QED) is 0.690. The Morgan fingerprint density at radius 3 is 2.77 bits per heavy atom. The molecule has 1 aliphatic rings. The number of benzene rings is 1. The third kappa shape index (κ3) is 1.57. The van der Waals surface area contributed by atoms with Crippen molar-refractivity contribution in [3.8, 4) is 5.75 Å². The highest BCUT2D eigenvalue weighted by Gasteiger charge is 2.27. The number of ether oxygens (including phenoxy) is 1. The lowest BCUT2D eigenvalue weighted by Crippen LogP contribution is -2.20. The molecule has 0 atom stereocenters. The average molecular weight is 176 g/mol. The van der Waals surface area contributed by atoms with E-state index in [4.69, 9.17) is 4.74 Å². The van der Waals surface area contributed by atoms with Crippen LogP contribution in [0, 0.1) is 0 Å². The van der Waals surface area contributed by atoms with E-state index in [2.05, 4.69) is 6.07 Å². The number of ketones is 1. The molecule has 1 aliphatic carbocycles. The molecule has 0 heterocycles. The summed E-state index contributed by atoms with van der Waals surface area (Å²) < 4.78 is 5.12. The summed E-state index contributed by atoms with van der Waals surface area (Å²) in [4.78, 5) is 10.8. The molecule has 1 aromatic carbocycles. The lowest BCUT2D eigenvalue weighted by Gasteiger charge is -2.24. The molecule has 0 radical (unpaired) electrons. The van der Waals surface area contributed by atoms with Gasteiger partial charge < -0.3 is 4.74 Å². The van der Waals surface area contributed by atoms with Gasteiger partial charge in [-0.15, -0.1) is 0 Å². The van der Waals surface area contributed by atoms with Gasteiger partial charge in [-0.25, -0.2) is 0 Å². The minimum atomic E-state index is 0.368. The van der Waals surface area contributed by atoms with Gasteiger partial charge in [0.2, 0.25) is 0 Å². The first-order valence-corrected chi connectivity index (χ1v) is 4.45. The van der Waals surface area contributed by atoms with E-state index in [0.717, 1.165) is 5.75 Å². The van der Waals surface area contributed by atoms with Crippen LogP contribution in [0.5, 0.6) is 5.75 Å². The van der Waals surface area contributed by atoms with E-state index in [1.165, 1.54) is 5.56 Å². The SMILES string of the molecule is COc1cccc(C2CC(=O)C2)c1. The lowest BCUT2D eigenvalue weighted by molar-refractivity contribution is -0.124. The third-order valence-corrected chi connectivity index (χ3v) is 2.51. The van der Waals surface area contributed by atoms with Crippen LogP contribution in [0.15, 0.2) is 24.3 Å². The first-order valence-electron chi connectivity index (χ1n) is 4.45. The van der Waals surface area contributed by atoms with Crippen LogP contribution >= 0.6 is 0 Å². The lowest BCUT2D eigenvalue weighted by atomic mass is 9.79. The van der Waals surface area contributed by atoms with Crippen LogP contribution in [0.25, 0.3) is 0 Å². The van der Waals surface area contributed by atoms with Gasteiger partial charge in [0, 0.05) is 12.8 Å². The van der Waals surface area contributed by atoms with E-state index in [9.17, 15) is 4.79 Å². The number of methoxy groups -OCH3 is 1. The van der Waals surface area contributed by atoms with Gasteiger partial charge in [0.05, 0.1) is 7.11 Å². The summed E-state index contributed by atoms with van der Waals surface area (Å²) in [5, 5.41) is 0. The van der Waals surface area contributed by atoms with Crippen LogP contribution in [0.4, 0.5) is 0 Å². The Morgan fingerprint density at radius 2 is 2.15 bits per heavy atom. The molecule has 1 fully saturated rings. The fourth-order valence-corrected chi connectivity index (χ4v) is 1.62. The largest absolute Gasteiger partial charge is 0.497 e. The van der Waals surface area contributed by atoms with Crippen molar-refractivity contribution in [1.82, 2.24) is 0 Å². The summed E-state index contributed by atoms with van der Waals surface area (Å²) in [6.45, 7) is 0. The third-order valence-electron chi connectivity index (χ3n) is 2.51. The molecule has 1 aromatic rings. The van der Waals surface area contributed by atoms with Crippen LogP contribution in [-0.2, 0) is 4.79 Å². The van der Waals surface area contributed by atoms with E-state index in [-0.39, 0.29) is 0 Å². The Hall–Kier alpha value is -1.31. The van der Waals surface area contributed by atoms with E-state index in [1.54, 1.807) is 7.11 Å². The number of hydrogen-bond donors (Lipinski definition) is 0. The molecule has 0 saturated heterocycles. The van der Waals surface area contributed by atoms with E-state index in [0.29, 0.717) is 24.5 Å². The molecule has 13 heavy (non-hydrogen) atoms. The number of hydrogen-bond acceptors (Lipinski definition) is 2. The number of rotatable bonds is 2. The molecule has 0 spiro atoms. The maximum absolute atomic E-state index is 10.8. The van der Waals surface area contributed by atoms with Crippen molar-refractivity contribution in [2.75, 3.05) is 7.11 Å². The molecule has 2 nitrogen and oxygen atoms in total. The van der Waals surface area contributed by atoms with Crippen LogP contribution < -0.4 is 4.74 Å². The first-order chi connectivity index (χ1) is 6.29. The summed E-state index contributed by atoms with van der Waals surface area (Å²) in [7, 11) is 1.66. The summed E-state index contributed by atoms with van der Waals surface area (Å²) in [5.74, 6) is 1.67. The van der Waals surface area contributed by atoms with Crippen LogP contribution in [0.2, 0.25) is 0 Å². The van der Waals surface area contributed by atoms with Gasteiger partial charge in [-0.2, -0.15) is 0 Å². The maximum atomic E-state index is 10.8. The molecule has 2 rings (SSSR count). The Kier molecular flexibility index (Phi) is 2.05. The van der Waals surface area contributed by atoms with E-state index >= 15 is 0 Å². The second-order valence-corrected chi connectivity index (χ2v) is 3.42. The molecule has 0 bridgehead atoms. The molecule has 0 aromatic heterocycles. The molecule has 68 valence electrons. The highest BCUT2D eigenvalue weighted by molar-refractivity contribution is 5.86. The zero-order valence-corrected chi connectivity index (χ0v) is 7.62.